The zero-order chi connectivity index (χ0) is 10.8. The SMILES string of the molecule is CCC(C)(O)c1ccc(C(=O)OC)o1. The Morgan fingerprint density at radius 3 is 2.79 bits per heavy atom. The molecule has 1 aromatic rings. The third-order valence-corrected chi connectivity index (χ3v) is 2.21. The summed E-state index contributed by atoms with van der Waals surface area (Å²) in [6.45, 7) is 3.47. The van der Waals surface area contributed by atoms with Crippen molar-refractivity contribution in [1.29, 1.82) is 0 Å². The van der Waals surface area contributed by atoms with Crippen LogP contribution in [0.5, 0.6) is 0 Å². The van der Waals surface area contributed by atoms with Crippen LogP contribution in [0.3, 0.4) is 0 Å². The van der Waals surface area contributed by atoms with Crippen LogP contribution in [0.2, 0.25) is 0 Å². The molecule has 4 heteroatoms. The molecule has 1 heterocycles. The number of furan rings is 1. The van der Waals surface area contributed by atoms with E-state index in [0.29, 0.717) is 12.2 Å². The molecule has 0 saturated carbocycles. The van der Waals surface area contributed by atoms with Crippen LogP contribution in [-0.2, 0) is 10.3 Å². The summed E-state index contributed by atoms with van der Waals surface area (Å²) in [5.41, 5.74) is -1.04. The maximum atomic E-state index is 11.0. The Labute approximate surface area is 82.5 Å². The molecule has 1 unspecified atom stereocenters. The van der Waals surface area contributed by atoms with Gasteiger partial charge in [-0.1, -0.05) is 6.92 Å². The van der Waals surface area contributed by atoms with E-state index in [4.69, 9.17) is 4.42 Å². The van der Waals surface area contributed by atoms with Gasteiger partial charge in [-0.05, 0) is 25.5 Å². The fourth-order valence-electron chi connectivity index (χ4n) is 1.01. The van der Waals surface area contributed by atoms with Crippen LogP contribution in [0.4, 0.5) is 0 Å². The standard InChI is InChI=1S/C10H14O4/c1-4-10(2,12)8-6-5-7(14-8)9(11)13-3/h5-6,12H,4H2,1-3H3. The fourth-order valence-corrected chi connectivity index (χ4v) is 1.01. The molecule has 0 fully saturated rings. The zero-order valence-corrected chi connectivity index (χ0v) is 8.53. The van der Waals surface area contributed by atoms with E-state index in [2.05, 4.69) is 4.74 Å². The maximum Gasteiger partial charge on any atom is 0.373 e. The van der Waals surface area contributed by atoms with Gasteiger partial charge in [0.25, 0.3) is 0 Å². The van der Waals surface area contributed by atoms with Gasteiger partial charge in [-0.25, -0.2) is 4.79 Å². The lowest BCUT2D eigenvalue weighted by Gasteiger charge is -2.17. The highest BCUT2D eigenvalue weighted by molar-refractivity contribution is 5.86. The Morgan fingerprint density at radius 1 is 1.64 bits per heavy atom. The first-order valence-corrected chi connectivity index (χ1v) is 4.42. The van der Waals surface area contributed by atoms with Crippen LogP contribution in [-0.4, -0.2) is 18.2 Å². The molecule has 14 heavy (non-hydrogen) atoms. The molecule has 0 bridgehead atoms. The van der Waals surface area contributed by atoms with Crippen molar-refractivity contribution in [2.24, 2.45) is 0 Å². The van der Waals surface area contributed by atoms with Gasteiger partial charge in [-0.15, -0.1) is 0 Å². The average Bonchev–Trinajstić information content (AvgIpc) is 2.66. The molecule has 0 amide bonds. The van der Waals surface area contributed by atoms with Crippen molar-refractivity contribution in [2.75, 3.05) is 7.11 Å². The summed E-state index contributed by atoms with van der Waals surface area (Å²) in [5, 5.41) is 9.82. The van der Waals surface area contributed by atoms with Gasteiger partial charge in [0, 0.05) is 0 Å². The summed E-state index contributed by atoms with van der Waals surface area (Å²) in [6, 6.07) is 3.07. The molecular weight excluding hydrogens is 184 g/mol. The van der Waals surface area contributed by atoms with E-state index in [1.165, 1.54) is 13.2 Å². The molecule has 0 aliphatic carbocycles. The first kappa shape index (κ1) is 10.8. The Morgan fingerprint density at radius 2 is 2.29 bits per heavy atom. The topological polar surface area (TPSA) is 59.7 Å². The van der Waals surface area contributed by atoms with E-state index in [1.807, 2.05) is 6.92 Å². The van der Waals surface area contributed by atoms with Crippen molar-refractivity contribution >= 4 is 5.97 Å². The summed E-state index contributed by atoms with van der Waals surface area (Å²) in [4.78, 5) is 11.0. The van der Waals surface area contributed by atoms with Gasteiger partial charge in [0.2, 0.25) is 5.76 Å². The minimum absolute atomic E-state index is 0.108. The second-order valence-corrected chi connectivity index (χ2v) is 3.28. The normalized spacial score (nSPS) is 14.9. The molecule has 1 aromatic heterocycles. The van der Waals surface area contributed by atoms with Gasteiger partial charge in [0.05, 0.1) is 7.11 Å². The van der Waals surface area contributed by atoms with Crippen molar-refractivity contribution in [3.8, 4) is 0 Å². The minimum atomic E-state index is -1.04. The molecule has 0 radical (unpaired) electrons. The largest absolute Gasteiger partial charge is 0.463 e. The molecule has 1 rings (SSSR count). The predicted octanol–water partition coefficient (Wildman–Crippen LogP) is 1.68. The molecule has 0 aliphatic heterocycles. The smallest absolute Gasteiger partial charge is 0.373 e. The van der Waals surface area contributed by atoms with E-state index in [1.54, 1.807) is 13.0 Å². The summed E-state index contributed by atoms with van der Waals surface area (Å²) >= 11 is 0. The Bertz CT molecular complexity index is 325. The molecule has 0 spiro atoms. The van der Waals surface area contributed by atoms with Crippen molar-refractivity contribution in [3.05, 3.63) is 23.7 Å². The van der Waals surface area contributed by atoms with Crippen LogP contribution >= 0.6 is 0 Å². The van der Waals surface area contributed by atoms with Gasteiger partial charge in [0.1, 0.15) is 11.4 Å². The summed E-state index contributed by atoms with van der Waals surface area (Å²) in [5.74, 6) is -0.0558. The zero-order valence-electron chi connectivity index (χ0n) is 8.53. The Balaban J connectivity index is 2.93. The molecule has 78 valence electrons. The molecule has 0 aromatic carbocycles. The number of carbonyl (C=O) groups is 1. The average molecular weight is 198 g/mol. The quantitative estimate of drug-likeness (QED) is 0.751. The second-order valence-electron chi connectivity index (χ2n) is 3.28. The van der Waals surface area contributed by atoms with Crippen LogP contribution in [0.1, 0.15) is 36.6 Å². The van der Waals surface area contributed by atoms with E-state index in [-0.39, 0.29) is 5.76 Å². The number of hydrogen-bond donors (Lipinski definition) is 1. The number of ether oxygens (including phenoxy) is 1. The molecule has 0 saturated heterocycles. The van der Waals surface area contributed by atoms with E-state index in [0.717, 1.165) is 0 Å². The number of methoxy groups -OCH3 is 1. The first-order valence-electron chi connectivity index (χ1n) is 4.42. The highest BCUT2D eigenvalue weighted by Gasteiger charge is 2.25. The van der Waals surface area contributed by atoms with Gasteiger partial charge in [0.15, 0.2) is 0 Å². The second kappa shape index (κ2) is 3.84. The first-order chi connectivity index (χ1) is 6.51. The number of rotatable bonds is 3. The highest BCUT2D eigenvalue weighted by Crippen LogP contribution is 2.25. The summed E-state index contributed by atoms with van der Waals surface area (Å²) in [7, 11) is 1.28. The third kappa shape index (κ3) is 1.96. The number of aliphatic hydroxyl groups is 1. The molecule has 1 atom stereocenters. The highest BCUT2D eigenvalue weighted by atomic mass is 16.5. The number of hydrogen-bond acceptors (Lipinski definition) is 4. The van der Waals surface area contributed by atoms with Gasteiger partial charge < -0.3 is 14.3 Å². The Hall–Kier alpha value is -1.29. The van der Waals surface area contributed by atoms with Crippen LogP contribution in [0, 0.1) is 0 Å². The van der Waals surface area contributed by atoms with Gasteiger partial charge >= 0.3 is 5.97 Å². The van der Waals surface area contributed by atoms with Crippen LogP contribution < -0.4 is 0 Å². The molecular formula is C10H14O4. The van der Waals surface area contributed by atoms with Crippen LogP contribution in [0.25, 0.3) is 0 Å². The molecule has 4 nitrogen and oxygen atoms in total. The predicted molar refractivity (Wildman–Crippen MR) is 49.9 cm³/mol. The van der Waals surface area contributed by atoms with Crippen molar-refractivity contribution in [2.45, 2.75) is 25.9 Å². The van der Waals surface area contributed by atoms with Crippen molar-refractivity contribution in [3.63, 3.8) is 0 Å². The lowest BCUT2D eigenvalue weighted by molar-refractivity contribution is 0.0269. The van der Waals surface area contributed by atoms with Crippen LogP contribution in [0.15, 0.2) is 16.5 Å². The minimum Gasteiger partial charge on any atom is -0.463 e. The van der Waals surface area contributed by atoms with Crippen molar-refractivity contribution < 1.29 is 19.1 Å². The van der Waals surface area contributed by atoms with Gasteiger partial charge in [-0.3, -0.25) is 0 Å². The van der Waals surface area contributed by atoms with Crippen molar-refractivity contribution in [1.82, 2.24) is 0 Å². The molecule has 1 N–H and O–H groups in total. The van der Waals surface area contributed by atoms with E-state index < -0.39 is 11.6 Å². The number of esters is 1. The number of carbonyl (C=O) groups excluding carboxylic acids is 1. The molecule has 0 aliphatic rings. The third-order valence-electron chi connectivity index (χ3n) is 2.21. The van der Waals surface area contributed by atoms with E-state index in [9.17, 15) is 9.90 Å². The maximum absolute atomic E-state index is 11.0. The van der Waals surface area contributed by atoms with E-state index >= 15 is 0 Å². The lowest BCUT2D eigenvalue weighted by Crippen LogP contribution is -2.18. The summed E-state index contributed by atoms with van der Waals surface area (Å²) < 4.78 is 9.65. The summed E-state index contributed by atoms with van der Waals surface area (Å²) in [6.07, 6.45) is 0.515. The monoisotopic (exact) mass is 198 g/mol. The fraction of sp³-hybridized carbons (Fsp3) is 0.500. The van der Waals surface area contributed by atoms with Gasteiger partial charge in [-0.2, -0.15) is 0 Å². The lowest BCUT2D eigenvalue weighted by atomic mass is 10.0. The Kier molecular flexibility index (Phi) is 2.96.